The van der Waals surface area contributed by atoms with Gasteiger partial charge in [-0.15, -0.1) is 0 Å². The van der Waals surface area contributed by atoms with Gasteiger partial charge in [0.2, 0.25) is 5.91 Å². The van der Waals surface area contributed by atoms with E-state index in [0.717, 1.165) is 58.2 Å². The van der Waals surface area contributed by atoms with E-state index in [2.05, 4.69) is 10.1 Å². The van der Waals surface area contributed by atoms with Gasteiger partial charge in [0, 0.05) is 19.6 Å². The molecule has 3 rings (SSSR count). The van der Waals surface area contributed by atoms with Crippen LogP contribution in [0, 0.1) is 5.92 Å². The van der Waals surface area contributed by atoms with Crippen molar-refractivity contribution in [3.8, 4) is 0 Å². The van der Waals surface area contributed by atoms with Crippen LogP contribution in [0.1, 0.15) is 38.5 Å². The average Bonchev–Trinajstić information content (AvgIpc) is 3.11. The van der Waals surface area contributed by atoms with Gasteiger partial charge in [0.25, 0.3) is 0 Å². The second kappa shape index (κ2) is 5.52. The second-order valence-corrected chi connectivity index (χ2v) is 6.24. The zero-order valence-corrected chi connectivity index (χ0v) is 11.9. The van der Waals surface area contributed by atoms with Gasteiger partial charge < -0.3 is 10.6 Å². The van der Waals surface area contributed by atoms with E-state index in [1.807, 2.05) is 9.58 Å². The summed E-state index contributed by atoms with van der Waals surface area (Å²) in [7, 11) is 0. The molecule has 2 fully saturated rings. The summed E-state index contributed by atoms with van der Waals surface area (Å²) in [5.41, 5.74) is 5.71. The van der Waals surface area contributed by atoms with E-state index >= 15 is 0 Å². The van der Waals surface area contributed by atoms with Crippen molar-refractivity contribution in [1.29, 1.82) is 0 Å². The smallest absolute Gasteiger partial charge is 0.242 e. The predicted octanol–water partition coefficient (Wildman–Crippen LogP) is 0.788. The summed E-state index contributed by atoms with van der Waals surface area (Å²) in [5.74, 6) is 0.623. The Morgan fingerprint density at radius 3 is 2.85 bits per heavy atom. The Hall–Kier alpha value is -1.43. The van der Waals surface area contributed by atoms with Crippen LogP contribution in [0.4, 0.5) is 0 Å². The minimum Gasteiger partial charge on any atom is -0.341 e. The van der Waals surface area contributed by atoms with Crippen LogP contribution < -0.4 is 5.73 Å². The molecule has 2 N–H and O–H groups in total. The van der Waals surface area contributed by atoms with E-state index < -0.39 is 5.54 Å². The number of aromatic nitrogens is 3. The molecule has 1 atom stereocenters. The number of hydrogen-bond acceptors (Lipinski definition) is 4. The maximum Gasteiger partial charge on any atom is 0.242 e. The number of carbonyl (C=O) groups is 1. The van der Waals surface area contributed by atoms with Gasteiger partial charge in [0.05, 0.1) is 5.54 Å². The summed E-state index contributed by atoms with van der Waals surface area (Å²) >= 11 is 0. The Kier molecular flexibility index (Phi) is 3.74. The maximum atomic E-state index is 12.6. The van der Waals surface area contributed by atoms with Gasteiger partial charge in [-0.05, 0) is 31.6 Å². The Bertz CT molecular complexity index is 452. The van der Waals surface area contributed by atoms with Crippen LogP contribution in [0.3, 0.4) is 0 Å². The third-order valence-electron chi connectivity index (χ3n) is 4.64. The van der Waals surface area contributed by atoms with Crippen molar-refractivity contribution in [1.82, 2.24) is 19.7 Å². The number of nitrogens with two attached hydrogens (primary N) is 1. The Morgan fingerprint density at radius 2 is 2.15 bits per heavy atom. The van der Waals surface area contributed by atoms with Gasteiger partial charge in [0.15, 0.2) is 0 Å². The lowest BCUT2D eigenvalue weighted by atomic mass is 9.92. The van der Waals surface area contributed by atoms with Gasteiger partial charge in [0.1, 0.15) is 12.7 Å². The molecule has 1 amide bonds. The van der Waals surface area contributed by atoms with Crippen molar-refractivity contribution in [2.75, 3.05) is 13.1 Å². The highest BCUT2D eigenvalue weighted by molar-refractivity contribution is 5.86. The van der Waals surface area contributed by atoms with E-state index in [1.54, 1.807) is 12.7 Å². The Balaban J connectivity index is 1.61. The second-order valence-electron chi connectivity index (χ2n) is 6.24. The van der Waals surface area contributed by atoms with E-state index in [9.17, 15) is 4.79 Å². The van der Waals surface area contributed by atoms with Crippen LogP contribution in [-0.4, -0.2) is 44.2 Å². The van der Waals surface area contributed by atoms with Gasteiger partial charge in [-0.25, -0.2) is 4.98 Å². The zero-order valence-electron chi connectivity index (χ0n) is 11.9. The highest BCUT2D eigenvalue weighted by Gasteiger charge is 2.40. The molecule has 1 aliphatic heterocycles. The highest BCUT2D eigenvalue weighted by atomic mass is 16.2. The highest BCUT2D eigenvalue weighted by Crippen LogP contribution is 2.30. The molecule has 6 heteroatoms. The number of hydrogen-bond donors (Lipinski definition) is 1. The van der Waals surface area contributed by atoms with Crippen LogP contribution in [0.5, 0.6) is 0 Å². The third kappa shape index (κ3) is 2.70. The molecule has 0 unspecified atom stereocenters. The zero-order chi connectivity index (χ0) is 14.0. The fourth-order valence-corrected chi connectivity index (χ4v) is 3.52. The van der Waals surface area contributed by atoms with Crippen molar-refractivity contribution in [3.63, 3.8) is 0 Å². The van der Waals surface area contributed by atoms with E-state index in [1.165, 1.54) is 0 Å². The molecule has 0 spiro atoms. The monoisotopic (exact) mass is 277 g/mol. The summed E-state index contributed by atoms with van der Waals surface area (Å²) in [6.07, 6.45) is 9.34. The number of carbonyl (C=O) groups excluding carboxylic acids is 1. The third-order valence-corrected chi connectivity index (χ3v) is 4.64. The summed E-state index contributed by atoms with van der Waals surface area (Å²) in [4.78, 5) is 18.6. The first-order valence-electron chi connectivity index (χ1n) is 7.58. The van der Waals surface area contributed by atoms with Crippen molar-refractivity contribution < 1.29 is 4.79 Å². The first kappa shape index (κ1) is 13.5. The first-order chi connectivity index (χ1) is 9.67. The topological polar surface area (TPSA) is 77.0 Å². The van der Waals surface area contributed by atoms with Crippen LogP contribution in [0.25, 0.3) is 0 Å². The molecule has 6 nitrogen and oxygen atoms in total. The Morgan fingerprint density at radius 1 is 1.35 bits per heavy atom. The van der Waals surface area contributed by atoms with Crippen LogP contribution in [0.2, 0.25) is 0 Å². The SMILES string of the molecule is NC1(C(=O)N2CCC[C@H](Cn3cncn3)C2)CCCC1. The van der Waals surface area contributed by atoms with Gasteiger partial charge in [-0.3, -0.25) is 9.48 Å². The van der Waals surface area contributed by atoms with E-state index in [4.69, 9.17) is 5.73 Å². The largest absolute Gasteiger partial charge is 0.341 e. The molecular weight excluding hydrogens is 254 g/mol. The fraction of sp³-hybridized carbons (Fsp3) is 0.786. The molecule has 0 bridgehead atoms. The number of nitrogens with zero attached hydrogens (tertiary/aromatic N) is 4. The maximum absolute atomic E-state index is 12.6. The van der Waals surface area contributed by atoms with Gasteiger partial charge >= 0.3 is 0 Å². The van der Waals surface area contributed by atoms with Gasteiger partial charge in [-0.1, -0.05) is 12.8 Å². The molecule has 0 aromatic carbocycles. The molecule has 2 heterocycles. The van der Waals surface area contributed by atoms with E-state index in [0.29, 0.717) is 5.92 Å². The number of piperidine rings is 1. The molecule has 1 aromatic heterocycles. The van der Waals surface area contributed by atoms with Crippen LogP contribution in [0.15, 0.2) is 12.7 Å². The lowest BCUT2D eigenvalue weighted by Crippen LogP contribution is -2.56. The Labute approximate surface area is 119 Å². The van der Waals surface area contributed by atoms with Crippen molar-refractivity contribution in [2.45, 2.75) is 50.6 Å². The number of likely N-dealkylation sites (tertiary alicyclic amines) is 1. The number of rotatable bonds is 3. The molecule has 1 aliphatic carbocycles. The quantitative estimate of drug-likeness (QED) is 0.886. The van der Waals surface area contributed by atoms with Crippen molar-refractivity contribution in [3.05, 3.63) is 12.7 Å². The summed E-state index contributed by atoms with van der Waals surface area (Å²) < 4.78 is 1.85. The number of amides is 1. The molecule has 1 aromatic rings. The lowest BCUT2D eigenvalue weighted by molar-refractivity contribution is -0.138. The van der Waals surface area contributed by atoms with Crippen molar-refractivity contribution >= 4 is 5.91 Å². The molecule has 20 heavy (non-hydrogen) atoms. The molecule has 0 radical (unpaired) electrons. The lowest BCUT2D eigenvalue weighted by Gasteiger charge is -2.37. The molecule has 2 aliphatic rings. The first-order valence-corrected chi connectivity index (χ1v) is 7.58. The fourth-order valence-electron chi connectivity index (χ4n) is 3.52. The standard InChI is InChI=1S/C14H23N5O/c15-14(5-1-2-6-14)13(20)18-7-3-4-12(8-18)9-19-11-16-10-17-19/h10-12H,1-9,15H2/t12-/m0/s1. The normalized spacial score (nSPS) is 25.9. The minimum atomic E-state index is -0.588. The average molecular weight is 277 g/mol. The summed E-state index contributed by atoms with van der Waals surface area (Å²) in [6, 6.07) is 0. The summed E-state index contributed by atoms with van der Waals surface area (Å²) in [5, 5.41) is 4.15. The molecule has 1 saturated heterocycles. The van der Waals surface area contributed by atoms with Crippen molar-refractivity contribution in [2.24, 2.45) is 11.7 Å². The van der Waals surface area contributed by atoms with Gasteiger partial charge in [-0.2, -0.15) is 5.10 Å². The summed E-state index contributed by atoms with van der Waals surface area (Å²) in [6.45, 7) is 2.49. The molecule has 110 valence electrons. The van der Waals surface area contributed by atoms with Crippen LogP contribution >= 0.6 is 0 Å². The molecule has 1 saturated carbocycles. The minimum absolute atomic E-state index is 0.165. The molecular formula is C14H23N5O. The van der Waals surface area contributed by atoms with E-state index in [-0.39, 0.29) is 5.91 Å². The predicted molar refractivity (Wildman–Crippen MR) is 74.7 cm³/mol. The van der Waals surface area contributed by atoms with Crippen LogP contribution in [-0.2, 0) is 11.3 Å².